The zero-order valence-corrected chi connectivity index (χ0v) is 15.2. The van der Waals surface area contributed by atoms with Crippen LogP contribution in [-0.4, -0.2) is 58.4 Å². The number of likely N-dealkylation sites (tertiary alicyclic amines) is 2. The monoisotopic (exact) mass is 352 g/mol. The Bertz CT molecular complexity index is 864. The van der Waals surface area contributed by atoms with Crippen molar-refractivity contribution in [1.29, 1.82) is 0 Å². The van der Waals surface area contributed by atoms with Crippen LogP contribution in [0.5, 0.6) is 0 Å². The molecule has 0 spiro atoms. The highest BCUT2D eigenvalue weighted by molar-refractivity contribution is 5.92. The largest absolute Gasteiger partial charge is 0.345 e. The molecule has 0 bridgehead atoms. The van der Waals surface area contributed by atoms with E-state index in [0.29, 0.717) is 36.7 Å². The maximum absolute atomic E-state index is 12.9. The molecule has 6 nitrogen and oxygen atoms in total. The molecule has 26 heavy (non-hydrogen) atoms. The Morgan fingerprint density at radius 2 is 2.00 bits per heavy atom. The molecule has 2 saturated heterocycles. The second-order valence-corrected chi connectivity index (χ2v) is 7.48. The number of hydrogen-bond acceptors (Lipinski definition) is 4. The van der Waals surface area contributed by atoms with Crippen molar-refractivity contribution in [2.24, 2.45) is 5.92 Å². The lowest BCUT2D eigenvalue weighted by atomic mass is 9.82. The third kappa shape index (κ3) is 3.05. The third-order valence-electron chi connectivity index (χ3n) is 5.80. The SMILES string of the molecule is Cc1cc(C(=O)N2CC[C@@H]3[C@H](C2)[C@@H](c2ccccc2)CN3C)nc(=O)[nH]1. The number of likely N-dealkylation sites (N-methyl/N-ethyl adjacent to an activating group) is 1. The highest BCUT2D eigenvalue weighted by Gasteiger charge is 2.44. The van der Waals surface area contributed by atoms with Crippen LogP contribution in [0.25, 0.3) is 0 Å². The molecule has 1 aromatic carbocycles. The molecule has 3 atom stereocenters. The molecule has 1 aromatic heterocycles. The van der Waals surface area contributed by atoms with Gasteiger partial charge in [0.15, 0.2) is 0 Å². The number of benzene rings is 1. The van der Waals surface area contributed by atoms with Crippen molar-refractivity contribution >= 4 is 5.91 Å². The van der Waals surface area contributed by atoms with E-state index in [4.69, 9.17) is 0 Å². The van der Waals surface area contributed by atoms with Gasteiger partial charge < -0.3 is 14.8 Å². The number of H-pyrrole nitrogens is 1. The number of aryl methyl sites for hydroxylation is 1. The van der Waals surface area contributed by atoms with Crippen molar-refractivity contribution in [3.05, 3.63) is 63.8 Å². The molecule has 136 valence electrons. The normalized spacial score (nSPS) is 25.9. The van der Waals surface area contributed by atoms with Crippen molar-refractivity contribution in [3.63, 3.8) is 0 Å². The number of carbonyl (C=O) groups is 1. The van der Waals surface area contributed by atoms with Crippen molar-refractivity contribution in [1.82, 2.24) is 19.8 Å². The van der Waals surface area contributed by atoms with Gasteiger partial charge in [0.2, 0.25) is 0 Å². The van der Waals surface area contributed by atoms with Gasteiger partial charge in [-0.05, 0) is 32.0 Å². The molecular weight excluding hydrogens is 328 g/mol. The van der Waals surface area contributed by atoms with Crippen molar-refractivity contribution in [2.75, 3.05) is 26.7 Å². The van der Waals surface area contributed by atoms with Crippen molar-refractivity contribution in [3.8, 4) is 0 Å². The number of aromatic nitrogens is 2. The van der Waals surface area contributed by atoms with E-state index in [0.717, 1.165) is 13.0 Å². The van der Waals surface area contributed by atoms with Gasteiger partial charge in [-0.3, -0.25) is 4.79 Å². The fraction of sp³-hybridized carbons (Fsp3) is 0.450. The van der Waals surface area contributed by atoms with Gasteiger partial charge in [-0.1, -0.05) is 30.3 Å². The molecular formula is C20H24N4O2. The first kappa shape index (κ1) is 17.0. The average Bonchev–Trinajstić information content (AvgIpc) is 2.97. The topological polar surface area (TPSA) is 69.3 Å². The average molecular weight is 352 g/mol. The van der Waals surface area contributed by atoms with E-state index in [9.17, 15) is 9.59 Å². The van der Waals surface area contributed by atoms with Gasteiger partial charge in [0, 0.05) is 43.2 Å². The molecule has 0 saturated carbocycles. The van der Waals surface area contributed by atoms with Gasteiger partial charge in [-0.25, -0.2) is 4.79 Å². The van der Waals surface area contributed by atoms with Gasteiger partial charge >= 0.3 is 5.69 Å². The Kier molecular flexibility index (Phi) is 4.36. The maximum Gasteiger partial charge on any atom is 0.345 e. The summed E-state index contributed by atoms with van der Waals surface area (Å²) in [6.07, 6.45) is 0.957. The van der Waals surface area contributed by atoms with Crippen molar-refractivity contribution in [2.45, 2.75) is 25.3 Å². The number of nitrogens with zero attached hydrogens (tertiary/aromatic N) is 3. The molecule has 2 aliphatic heterocycles. The van der Waals surface area contributed by atoms with E-state index in [2.05, 4.69) is 46.2 Å². The van der Waals surface area contributed by atoms with Gasteiger partial charge in [-0.15, -0.1) is 0 Å². The smallest absolute Gasteiger partial charge is 0.337 e. The molecule has 4 rings (SSSR count). The van der Waals surface area contributed by atoms with E-state index in [1.165, 1.54) is 5.56 Å². The molecule has 0 aliphatic carbocycles. The Morgan fingerprint density at radius 1 is 1.23 bits per heavy atom. The molecule has 2 fully saturated rings. The first-order chi connectivity index (χ1) is 12.5. The van der Waals surface area contributed by atoms with Crippen LogP contribution < -0.4 is 5.69 Å². The summed E-state index contributed by atoms with van der Waals surface area (Å²) in [7, 11) is 2.18. The quantitative estimate of drug-likeness (QED) is 0.892. The summed E-state index contributed by atoms with van der Waals surface area (Å²) in [5, 5.41) is 0. The summed E-state index contributed by atoms with van der Waals surface area (Å²) in [6, 6.07) is 12.7. The summed E-state index contributed by atoms with van der Waals surface area (Å²) in [6.45, 7) is 4.20. The van der Waals surface area contributed by atoms with Crippen LogP contribution in [0, 0.1) is 12.8 Å². The van der Waals surface area contributed by atoms with Gasteiger partial charge in [0.25, 0.3) is 5.91 Å². The van der Waals surface area contributed by atoms with E-state index in [1.54, 1.807) is 13.0 Å². The number of carbonyl (C=O) groups excluding carboxylic acids is 1. The molecule has 2 aliphatic rings. The Morgan fingerprint density at radius 3 is 2.73 bits per heavy atom. The number of amides is 1. The van der Waals surface area contributed by atoms with Crippen LogP contribution in [-0.2, 0) is 0 Å². The third-order valence-corrected chi connectivity index (χ3v) is 5.80. The summed E-state index contributed by atoms with van der Waals surface area (Å²) >= 11 is 0. The summed E-state index contributed by atoms with van der Waals surface area (Å²) < 4.78 is 0. The van der Waals surface area contributed by atoms with Gasteiger partial charge in [-0.2, -0.15) is 4.98 Å². The van der Waals surface area contributed by atoms with E-state index in [-0.39, 0.29) is 11.6 Å². The second kappa shape index (κ2) is 6.68. The number of fused-ring (bicyclic) bond motifs is 1. The van der Waals surface area contributed by atoms with Crippen LogP contribution in [0.2, 0.25) is 0 Å². The minimum atomic E-state index is -0.467. The van der Waals surface area contributed by atoms with E-state index >= 15 is 0 Å². The second-order valence-electron chi connectivity index (χ2n) is 7.48. The van der Waals surface area contributed by atoms with E-state index in [1.807, 2.05) is 11.0 Å². The highest BCUT2D eigenvalue weighted by atomic mass is 16.2. The van der Waals surface area contributed by atoms with Crippen LogP contribution >= 0.6 is 0 Å². The van der Waals surface area contributed by atoms with Crippen LogP contribution in [0.15, 0.2) is 41.2 Å². The molecule has 1 N–H and O–H groups in total. The molecule has 0 radical (unpaired) electrons. The zero-order chi connectivity index (χ0) is 18.3. The lowest BCUT2D eigenvalue weighted by molar-refractivity contribution is 0.0601. The number of rotatable bonds is 2. The van der Waals surface area contributed by atoms with E-state index < -0.39 is 5.69 Å². The fourth-order valence-electron chi connectivity index (χ4n) is 4.58. The lowest BCUT2D eigenvalue weighted by Gasteiger charge is -2.38. The maximum atomic E-state index is 12.9. The summed E-state index contributed by atoms with van der Waals surface area (Å²) in [5.41, 5.74) is 1.77. The molecule has 3 heterocycles. The molecule has 1 amide bonds. The highest BCUT2D eigenvalue weighted by Crippen LogP contribution is 2.40. The van der Waals surface area contributed by atoms with Gasteiger partial charge in [0.1, 0.15) is 5.69 Å². The van der Waals surface area contributed by atoms with Crippen LogP contribution in [0.4, 0.5) is 0 Å². The predicted molar refractivity (Wildman–Crippen MR) is 99.2 cm³/mol. The number of nitrogens with one attached hydrogen (secondary N) is 1. The Labute approximate surface area is 152 Å². The van der Waals surface area contributed by atoms with Crippen molar-refractivity contribution < 1.29 is 4.79 Å². The molecule has 2 aromatic rings. The fourth-order valence-corrected chi connectivity index (χ4v) is 4.58. The minimum absolute atomic E-state index is 0.140. The summed E-state index contributed by atoms with van der Waals surface area (Å²) in [5.74, 6) is 0.692. The Hall–Kier alpha value is -2.47. The minimum Gasteiger partial charge on any atom is -0.337 e. The number of hydrogen-bond donors (Lipinski definition) is 1. The Balaban J connectivity index is 1.58. The molecule has 0 unspecified atom stereocenters. The summed E-state index contributed by atoms with van der Waals surface area (Å²) in [4.78, 5) is 35.3. The first-order valence-electron chi connectivity index (χ1n) is 9.15. The van der Waals surface area contributed by atoms with Crippen LogP contribution in [0.1, 0.15) is 34.1 Å². The van der Waals surface area contributed by atoms with Gasteiger partial charge in [0.05, 0.1) is 0 Å². The van der Waals surface area contributed by atoms with Crippen LogP contribution in [0.3, 0.4) is 0 Å². The molecule has 6 heteroatoms. The number of aromatic amines is 1. The zero-order valence-electron chi connectivity index (χ0n) is 15.2. The first-order valence-corrected chi connectivity index (χ1v) is 9.15. The standard InChI is InChI=1S/C20H24N4O2/c1-13-10-17(22-20(26)21-13)19(25)24-9-8-18-16(12-24)15(11-23(18)2)14-6-4-3-5-7-14/h3-7,10,15-16,18H,8-9,11-12H2,1-2H3,(H,21,22,26)/t15-,16-,18-/m1/s1. The number of piperidine rings is 1. The predicted octanol–water partition coefficient (Wildman–Crippen LogP) is 1.64. The lowest BCUT2D eigenvalue weighted by Crippen LogP contribution is -2.48.